The van der Waals surface area contributed by atoms with Crippen LogP contribution in [0.25, 0.3) is 16.7 Å². The van der Waals surface area contributed by atoms with Gasteiger partial charge in [0.15, 0.2) is 5.78 Å². The maximum Gasteiger partial charge on any atom is 0.185 e. The number of fused-ring (bicyclic) bond motifs is 2. The van der Waals surface area contributed by atoms with Crippen molar-refractivity contribution < 1.29 is 4.79 Å². The van der Waals surface area contributed by atoms with E-state index in [1.165, 1.54) is 50.1 Å². The van der Waals surface area contributed by atoms with Gasteiger partial charge in [-0.2, -0.15) is 0 Å². The first-order valence-corrected chi connectivity index (χ1v) is 11.1. The SMILES string of the molecule is CC1=C2C=C(C(C)C)C(=O)C(C)=C2C(c2cc(C)c3cc(C(C)C)ccc(C)c2-3)=C1. The third-order valence-corrected chi connectivity index (χ3v) is 6.74. The summed E-state index contributed by atoms with van der Waals surface area (Å²) in [7, 11) is 0. The van der Waals surface area contributed by atoms with Crippen LogP contribution < -0.4 is 0 Å². The third-order valence-electron chi connectivity index (χ3n) is 6.74. The van der Waals surface area contributed by atoms with E-state index in [4.69, 9.17) is 0 Å². The minimum absolute atomic E-state index is 0.196. The minimum atomic E-state index is 0.196. The molecule has 0 atom stereocenters. The molecule has 154 valence electrons. The second-order valence-electron chi connectivity index (χ2n) is 9.58. The third kappa shape index (κ3) is 3.03. The highest BCUT2D eigenvalue weighted by atomic mass is 16.1. The number of carbonyl (C=O) groups excluding carboxylic acids is 1. The minimum Gasteiger partial charge on any atom is -0.289 e. The van der Waals surface area contributed by atoms with Gasteiger partial charge in [0.2, 0.25) is 0 Å². The predicted octanol–water partition coefficient (Wildman–Crippen LogP) is 7.73. The molecular formula is C29H32O. The van der Waals surface area contributed by atoms with Crippen molar-refractivity contribution in [2.24, 2.45) is 5.92 Å². The summed E-state index contributed by atoms with van der Waals surface area (Å²) in [6, 6.07) is 9.18. The van der Waals surface area contributed by atoms with Crippen molar-refractivity contribution >= 4 is 11.4 Å². The molecule has 0 unspecified atom stereocenters. The molecule has 1 heteroatoms. The summed E-state index contributed by atoms with van der Waals surface area (Å²) in [5, 5.41) is 0. The fourth-order valence-electron chi connectivity index (χ4n) is 4.90. The average molecular weight is 397 g/mol. The lowest BCUT2D eigenvalue weighted by atomic mass is 9.80. The highest BCUT2D eigenvalue weighted by Crippen LogP contribution is 2.49. The molecule has 0 heterocycles. The first-order chi connectivity index (χ1) is 14.1. The first kappa shape index (κ1) is 20.6. The maximum absolute atomic E-state index is 13.1. The van der Waals surface area contributed by atoms with E-state index in [1.807, 2.05) is 6.92 Å². The van der Waals surface area contributed by atoms with Crippen LogP contribution in [0.15, 0.2) is 64.3 Å². The molecule has 0 aromatic heterocycles. The lowest BCUT2D eigenvalue weighted by Crippen LogP contribution is -2.16. The van der Waals surface area contributed by atoms with Gasteiger partial charge in [0.05, 0.1) is 0 Å². The zero-order chi connectivity index (χ0) is 21.9. The smallest absolute Gasteiger partial charge is 0.185 e. The fraction of sp³-hybridized carbons (Fsp3) is 0.345. The van der Waals surface area contributed by atoms with Crippen LogP contribution in [0.1, 0.15) is 69.7 Å². The summed E-state index contributed by atoms with van der Waals surface area (Å²) in [6.45, 7) is 17.3. The van der Waals surface area contributed by atoms with E-state index in [0.717, 1.165) is 16.7 Å². The van der Waals surface area contributed by atoms with Crippen LogP contribution in [0.2, 0.25) is 0 Å². The van der Waals surface area contributed by atoms with Gasteiger partial charge < -0.3 is 0 Å². The Morgan fingerprint density at radius 1 is 0.767 bits per heavy atom. The van der Waals surface area contributed by atoms with Crippen molar-refractivity contribution in [3.8, 4) is 11.1 Å². The molecule has 0 radical (unpaired) electrons. The lowest BCUT2D eigenvalue weighted by Gasteiger charge is -2.22. The fourth-order valence-corrected chi connectivity index (χ4v) is 4.90. The van der Waals surface area contributed by atoms with Crippen molar-refractivity contribution in [1.82, 2.24) is 0 Å². The van der Waals surface area contributed by atoms with Gasteiger partial charge in [0, 0.05) is 11.1 Å². The predicted molar refractivity (Wildman–Crippen MR) is 128 cm³/mol. The van der Waals surface area contributed by atoms with Crippen molar-refractivity contribution in [2.45, 2.75) is 61.3 Å². The summed E-state index contributed by atoms with van der Waals surface area (Å²) in [4.78, 5) is 13.1. The number of hydrogen-bond donors (Lipinski definition) is 0. The number of carbonyl (C=O) groups is 1. The number of Topliss-reactive ketones (excluding diaryl/α,β-unsaturated/α-hetero) is 1. The summed E-state index contributed by atoms with van der Waals surface area (Å²) < 4.78 is 0. The molecule has 0 bridgehead atoms. The molecule has 1 nitrogen and oxygen atoms in total. The normalized spacial score (nSPS) is 16.8. The zero-order valence-electron chi connectivity index (χ0n) is 19.5. The number of aryl methyl sites for hydroxylation is 2. The molecule has 0 N–H and O–H groups in total. The molecule has 4 aliphatic rings. The Labute approximate surface area is 181 Å². The monoisotopic (exact) mass is 396 g/mol. The molecule has 0 saturated carbocycles. The van der Waals surface area contributed by atoms with Gasteiger partial charge >= 0.3 is 0 Å². The van der Waals surface area contributed by atoms with Crippen molar-refractivity contribution in [2.75, 3.05) is 0 Å². The summed E-state index contributed by atoms with van der Waals surface area (Å²) in [6.07, 6.45) is 4.42. The van der Waals surface area contributed by atoms with E-state index >= 15 is 0 Å². The van der Waals surface area contributed by atoms with Gasteiger partial charge in [-0.3, -0.25) is 4.79 Å². The Kier molecular flexibility index (Phi) is 4.97. The van der Waals surface area contributed by atoms with Crippen LogP contribution >= 0.6 is 0 Å². The molecule has 0 spiro atoms. The van der Waals surface area contributed by atoms with Gasteiger partial charge in [-0.1, -0.05) is 58.0 Å². The van der Waals surface area contributed by atoms with Crippen LogP contribution in [0.5, 0.6) is 0 Å². The Bertz CT molecular complexity index is 1180. The zero-order valence-corrected chi connectivity index (χ0v) is 19.5. The van der Waals surface area contributed by atoms with E-state index in [0.29, 0.717) is 5.92 Å². The second kappa shape index (κ2) is 7.23. The van der Waals surface area contributed by atoms with E-state index in [1.54, 1.807) is 0 Å². The summed E-state index contributed by atoms with van der Waals surface area (Å²) in [5.41, 5.74) is 14.4. The molecule has 0 aromatic rings. The van der Waals surface area contributed by atoms with Crippen LogP contribution in [-0.2, 0) is 4.79 Å². The largest absolute Gasteiger partial charge is 0.289 e. The molecule has 30 heavy (non-hydrogen) atoms. The topological polar surface area (TPSA) is 17.1 Å². The number of ketones is 1. The van der Waals surface area contributed by atoms with Gasteiger partial charge in [0.25, 0.3) is 0 Å². The molecule has 0 amide bonds. The number of rotatable bonds is 3. The van der Waals surface area contributed by atoms with Gasteiger partial charge in [0.1, 0.15) is 0 Å². The van der Waals surface area contributed by atoms with E-state index < -0.39 is 0 Å². The van der Waals surface area contributed by atoms with Crippen LogP contribution in [-0.4, -0.2) is 5.78 Å². The van der Waals surface area contributed by atoms with E-state index in [2.05, 4.69) is 84.9 Å². The Balaban J connectivity index is 1.93. The molecule has 0 aromatic carbocycles. The van der Waals surface area contributed by atoms with Crippen LogP contribution in [0.4, 0.5) is 0 Å². The van der Waals surface area contributed by atoms with Gasteiger partial charge in [-0.15, -0.1) is 0 Å². The van der Waals surface area contributed by atoms with Crippen LogP contribution in [0, 0.1) is 19.8 Å². The lowest BCUT2D eigenvalue weighted by molar-refractivity contribution is -0.112. The number of hydrogen-bond acceptors (Lipinski definition) is 1. The first-order valence-electron chi connectivity index (χ1n) is 11.1. The number of allylic oxidation sites excluding steroid dienone is 8. The van der Waals surface area contributed by atoms with Gasteiger partial charge in [-0.25, -0.2) is 0 Å². The molecule has 4 rings (SSSR count). The molecule has 4 aliphatic carbocycles. The van der Waals surface area contributed by atoms with Crippen LogP contribution in [0.3, 0.4) is 0 Å². The van der Waals surface area contributed by atoms with E-state index in [9.17, 15) is 4.79 Å². The standard InChI is InChI=1S/C29H32O/c1-15(2)21-10-9-17(5)27-23(13-21)18(6)11-25(27)26-12-19(7)24-14-22(16(3)4)29(30)20(8)28(24)26/h9-16H,1-8H3. The molecule has 0 fully saturated rings. The highest BCUT2D eigenvalue weighted by Gasteiger charge is 2.32. The van der Waals surface area contributed by atoms with Crippen molar-refractivity contribution in [1.29, 1.82) is 0 Å². The quantitative estimate of drug-likeness (QED) is 0.519. The van der Waals surface area contributed by atoms with E-state index in [-0.39, 0.29) is 11.7 Å². The Hall–Kier alpha value is -2.67. The van der Waals surface area contributed by atoms with Crippen molar-refractivity contribution in [3.63, 3.8) is 0 Å². The van der Waals surface area contributed by atoms with Crippen molar-refractivity contribution in [3.05, 3.63) is 86.5 Å². The highest BCUT2D eigenvalue weighted by molar-refractivity contribution is 6.16. The second-order valence-corrected chi connectivity index (χ2v) is 9.58. The summed E-state index contributed by atoms with van der Waals surface area (Å²) >= 11 is 0. The van der Waals surface area contributed by atoms with Gasteiger partial charge in [-0.05, 0) is 101 Å². The Morgan fingerprint density at radius 3 is 2.10 bits per heavy atom. The summed E-state index contributed by atoms with van der Waals surface area (Å²) in [5.74, 6) is 0.914. The average Bonchev–Trinajstić information content (AvgIpc) is 3.10. The molecule has 0 saturated heterocycles. The molecule has 0 aliphatic heterocycles. The Morgan fingerprint density at radius 2 is 1.47 bits per heavy atom. The maximum atomic E-state index is 13.1. The molecular weight excluding hydrogens is 364 g/mol.